The Labute approximate surface area is 74.7 Å². The van der Waals surface area contributed by atoms with E-state index in [0.29, 0.717) is 12.6 Å². The normalized spacial score (nSPS) is 14.6. The molecular weight excluding hydrogens is 176 g/mol. The fraction of sp³-hybridized carbons (Fsp3) is 1.00. The van der Waals surface area contributed by atoms with Gasteiger partial charge in [-0.2, -0.15) is 0 Å². The van der Waals surface area contributed by atoms with Gasteiger partial charge < -0.3 is 10.6 Å². The van der Waals surface area contributed by atoms with Crippen molar-refractivity contribution in [3.8, 4) is 0 Å². The average Bonchev–Trinajstić information content (AvgIpc) is 1.84. The summed E-state index contributed by atoms with van der Waals surface area (Å²) < 4.78 is 21.4. The summed E-state index contributed by atoms with van der Waals surface area (Å²) in [5, 5.41) is 6.10. The van der Waals surface area contributed by atoms with E-state index in [9.17, 15) is 8.42 Å². The van der Waals surface area contributed by atoms with Crippen molar-refractivity contribution < 1.29 is 8.42 Å². The van der Waals surface area contributed by atoms with E-state index in [4.69, 9.17) is 0 Å². The van der Waals surface area contributed by atoms with Gasteiger partial charge in [-0.3, -0.25) is 0 Å². The maximum absolute atomic E-state index is 10.7. The second kappa shape index (κ2) is 5.50. The Kier molecular flexibility index (Phi) is 5.44. The van der Waals surface area contributed by atoms with E-state index in [0.717, 1.165) is 6.54 Å². The van der Waals surface area contributed by atoms with Gasteiger partial charge in [0.1, 0.15) is 9.84 Å². The van der Waals surface area contributed by atoms with Crippen LogP contribution in [0.25, 0.3) is 0 Å². The maximum Gasteiger partial charge on any atom is 0.148 e. The van der Waals surface area contributed by atoms with Crippen LogP contribution in [0.15, 0.2) is 0 Å². The molecule has 5 heteroatoms. The van der Waals surface area contributed by atoms with Crippen LogP contribution in [0.1, 0.15) is 6.92 Å². The summed E-state index contributed by atoms with van der Waals surface area (Å²) in [6.45, 7) is 3.39. The summed E-state index contributed by atoms with van der Waals surface area (Å²) in [5.41, 5.74) is 0. The first-order valence-corrected chi connectivity index (χ1v) is 6.07. The van der Waals surface area contributed by atoms with Crippen LogP contribution in [-0.2, 0) is 9.84 Å². The minimum absolute atomic E-state index is 0.209. The molecule has 0 aromatic rings. The van der Waals surface area contributed by atoms with Gasteiger partial charge in [-0.1, -0.05) is 0 Å². The van der Waals surface area contributed by atoms with Crippen molar-refractivity contribution in [1.29, 1.82) is 0 Å². The van der Waals surface area contributed by atoms with Crippen molar-refractivity contribution in [3.05, 3.63) is 0 Å². The van der Waals surface area contributed by atoms with E-state index in [2.05, 4.69) is 10.6 Å². The molecule has 0 rings (SSSR count). The Morgan fingerprint density at radius 2 is 2.00 bits per heavy atom. The first-order valence-electron chi connectivity index (χ1n) is 4.01. The highest BCUT2D eigenvalue weighted by Crippen LogP contribution is 1.82. The first kappa shape index (κ1) is 11.9. The van der Waals surface area contributed by atoms with Gasteiger partial charge in [0.2, 0.25) is 0 Å². The van der Waals surface area contributed by atoms with Crippen molar-refractivity contribution in [2.24, 2.45) is 0 Å². The molecule has 0 spiro atoms. The molecule has 0 radical (unpaired) electrons. The van der Waals surface area contributed by atoms with Crippen LogP contribution in [0.3, 0.4) is 0 Å². The summed E-state index contributed by atoms with van der Waals surface area (Å²) in [5.74, 6) is 0.209. The molecule has 0 saturated heterocycles. The van der Waals surface area contributed by atoms with Gasteiger partial charge in [0.05, 0.1) is 5.75 Å². The van der Waals surface area contributed by atoms with Gasteiger partial charge in [-0.25, -0.2) is 8.42 Å². The third kappa shape index (κ3) is 7.97. The largest absolute Gasteiger partial charge is 0.318 e. The Balaban J connectivity index is 3.44. The number of rotatable bonds is 6. The van der Waals surface area contributed by atoms with Gasteiger partial charge in [-0.05, 0) is 14.0 Å². The minimum Gasteiger partial charge on any atom is -0.318 e. The third-order valence-corrected chi connectivity index (χ3v) is 2.42. The highest BCUT2D eigenvalue weighted by atomic mass is 32.2. The Bertz CT molecular complexity index is 201. The number of hydrogen-bond acceptors (Lipinski definition) is 4. The van der Waals surface area contributed by atoms with Crippen LogP contribution in [0.5, 0.6) is 0 Å². The van der Waals surface area contributed by atoms with Crippen molar-refractivity contribution >= 4 is 9.84 Å². The molecule has 4 nitrogen and oxygen atoms in total. The number of nitrogens with one attached hydrogen (secondary N) is 2. The molecule has 0 amide bonds. The molecule has 0 heterocycles. The van der Waals surface area contributed by atoms with Gasteiger partial charge in [-0.15, -0.1) is 0 Å². The predicted molar refractivity (Wildman–Crippen MR) is 51.1 cm³/mol. The zero-order valence-corrected chi connectivity index (χ0v) is 8.74. The monoisotopic (exact) mass is 194 g/mol. The summed E-state index contributed by atoms with van der Waals surface area (Å²) in [7, 11) is -0.948. The zero-order chi connectivity index (χ0) is 9.61. The van der Waals surface area contributed by atoms with Crippen LogP contribution >= 0.6 is 0 Å². The second-order valence-corrected chi connectivity index (χ2v) is 5.30. The standard InChI is InChI=1S/C7H18N2O2S/c1-7(6-8-2)9-4-5-12(3,10)11/h7-9H,4-6H2,1-3H3. The molecule has 0 saturated carbocycles. The molecule has 0 aliphatic rings. The maximum atomic E-state index is 10.7. The molecule has 0 aliphatic heterocycles. The quantitative estimate of drug-likeness (QED) is 0.583. The average molecular weight is 194 g/mol. The van der Waals surface area contributed by atoms with E-state index in [1.54, 1.807) is 0 Å². The summed E-state index contributed by atoms with van der Waals surface area (Å²) >= 11 is 0. The Morgan fingerprint density at radius 1 is 1.42 bits per heavy atom. The predicted octanol–water partition coefficient (Wildman–Crippen LogP) is -0.771. The lowest BCUT2D eigenvalue weighted by Crippen LogP contribution is -2.37. The van der Waals surface area contributed by atoms with E-state index in [1.807, 2.05) is 14.0 Å². The minimum atomic E-state index is -2.82. The van der Waals surface area contributed by atoms with E-state index < -0.39 is 9.84 Å². The molecule has 12 heavy (non-hydrogen) atoms. The van der Waals surface area contributed by atoms with Crippen LogP contribution in [0.2, 0.25) is 0 Å². The van der Waals surface area contributed by atoms with E-state index >= 15 is 0 Å². The topological polar surface area (TPSA) is 58.2 Å². The number of likely N-dealkylation sites (N-methyl/N-ethyl adjacent to an activating group) is 1. The number of hydrogen-bond donors (Lipinski definition) is 2. The lowest BCUT2D eigenvalue weighted by Gasteiger charge is -2.11. The highest BCUT2D eigenvalue weighted by molar-refractivity contribution is 7.90. The van der Waals surface area contributed by atoms with Gasteiger partial charge >= 0.3 is 0 Å². The lowest BCUT2D eigenvalue weighted by atomic mass is 10.3. The zero-order valence-electron chi connectivity index (χ0n) is 7.92. The van der Waals surface area contributed by atoms with Crippen molar-refractivity contribution in [2.75, 3.05) is 32.1 Å². The second-order valence-electron chi connectivity index (χ2n) is 3.04. The van der Waals surface area contributed by atoms with Crippen molar-refractivity contribution in [2.45, 2.75) is 13.0 Å². The van der Waals surface area contributed by atoms with Crippen LogP contribution in [0.4, 0.5) is 0 Å². The van der Waals surface area contributed by atoms with E-state index in [1.165, 1.54) is 6.26 Å². The van der Waals surface area contributed by atoms with Gasteiger partial charge in [0, 0.05) is 25.4 Å². The Hall–Kier alpha value is -0.130. The molecule has 0 aromatic carbocycles. The lowest BCUT2D eigenvalue weighted by molar-refractivity contribution is 0.535. The molecular formula is C7H18N2O2S. The van der Waals surface area contributed by atoms with Crippen LogP contribution < -0.4 is 10.6 Å². The molecule has 1 atom stereocenters. The van der Waals surface area contributed by atoms with Crippen LogP contribution in [-0.4, -0.2) is 46.6 Å². The van der Waals surface area contributed by atoms with Crippen molar-refractivity contribution in [3.63, 3.8) is 0 Å². The molecule has 0 aromatic heterocycles. The molecule has 74 valence electrons. The van der Waals surface area contributed by atoms with E-state index in [-0.39, 0.29) is 5.75 Å². The molecule has 1 unspecified atom stereocenters. The molecule has 2 N–H and O–H groups in total. The van der Waals surface area contributed by atoms with Crippen molar-refractivity contribution in [1.82, 2.24) is 10.6 Å². The Morgan fingerprint density at radius 3 is 2.42 bits per heavy atom. The molecule has 0 bridgehead atoms. The number of sulfone groups is 1. The SMILES string of the molecule is CNCC(C)NCCS(C)(=O)=O. The van der Waals surface area contributed by atoms with Gasteiger partial charge in [0.15, 0.2) is 0 Å². The first-order chi connectivity index (χ1) is 5.45. The summed E-state index contributed by atoms with van der Waals surface area (Å²) in [6.07, 6.45) is 1.25. The highest BCUT2D eigenvalue weighted by Gasteiger charge is 2.03. The van der Waals surface area contributed by atoms with Crippen LogP contribution in [0, 0.1) is 0 Å². The van der Waals surface area contributed by atoms with Gasteiger partial charge in [0.25, 0.3) is 0 Å². The smallest absolute Gasteiger partial charge is 0.148 e. The molecule has 0 aliphatic carbocycles. The summed E-state index contributed by atoms with van der Waals surface area (Å²) in [4.78, 5) is 0. The summed E-state index contributed by atoms with van der Waals surface area (Å²) in [6, 6.07) is 0.316. The fourth-order valence-electron chi connectivity index (χ4n) is 0.869. The fourth-order valence-corrected chi connectivity index (χ4v) is 1.36. The molecule has 0 fully saturated rings. The third-order valence-electron chi connectivity index (χ3n) is 1.48.